The zero-order valence-electron chi connectivity index (χ0n) is 19.2. The fourth-order valence-electron chi connectivity index (χ4n) is 4.79. The molecule has 0 aliphatic carbocycles. The van der Waals surface area contributed by atoms with E-state index in [1.165, 1.54) is 5.56 Å². The molecule has 0 unspecified atom stereocenters. The fourth-order valence-corrected chi connectivity index (χ4v) is 5.06. The molecular weight excluding hydrogens is 488 g/mol. The summed E-state index contributed by atoms with van der Waals surface area (Å²) in [6, 6.07) is 26.9. The molecule has 0 saturated carbocycles. The number of fused-ring (bicyclic) bond motifs is 1. The van der Waals surface area contributed by atoms with E-state index in [2.05, 4.69) is 85.3 Å². The normalized spacial score (nSPS) is 16.6. The molecule has 0 radical (unpaired) electrons. The number of aromatic nitrogens is 2. The van der Waals surface area contributed by atoms with E-state index >= 15 is 0 Å². The van der Waals surface area contributed by atoms with Crippen molar-refractivity contribution in [1.29, 1.82) is 0 Å². The van der Waals surface area contributed by atoms with E-state index in [9.17, 15) is 4.79 Å². The number of hydrogen-bond donors (Lipinski definition) is 1. The Morgan fingerprint density at radius 1 is 1.00 bits per heavy atom. The summed E-state index contributed by atoms with van der Waals surface area (Å²) in [7, 11) is 0. The molecule has 0 spiro atoms. The number of benzene rings is 3. The van der Waals surface area contributed by atoms with Crippen molar-refractivity contribution < 1.29 is 4.79 Å². The molecule has 1 aliphatic rings. The maximum absolute atomic E-state index is 12.9. The number of amides is 1. The van der Waals surface area contributed by atoms with E-state index in [1.807, 2.05) is 24.3 Å². The van der Waals surface area contributed by atoms with Gasteiger partial charge in [0.05, 0.1) is 23.5 Å². The number of piperidine rings is 1. The van der Waals surface area contributed by atoms with Gasteiger partial charge >= 0.3 is 0 Å². The van der Waals surface area contributed by atoms with Crippen LogP contribution < -0.4 is 5.32 Å². The van der Waals surface area contributed by atoms with Gasteiger partial charge in [0, 0.05) is 23.2 Å². The second-order valence-electron chi connectivity index (χ2n) is 8.93. The lowest BCUT2D eigenvalue weighted by Gasteiger charge is -2.31. The van der Waals surface area contributed by atoms with Gasteiger partial charge in [-0.2, -0.15) is 0 Å². The maximum atomic E-state index is 12.9. The Hall–Kier alpha value is -2.96. The molecule has 4 aromatic rings. The predicted octanol–water partition coefficient (Wildman–Crippen LogP) is 5.36. The predicted molar refractivity (Wildman–Crippen MR) is 140 cm³/mol. The van der Waals surface area contributed by atoms with Crippen molar-refractivity contribution in [3.8, 4) is 5.69 Å². The van der Waals surface area contributed by atoms with Crippen molar-refractivity contribution in [2.24, 2.45) is 5.92 Å². The Bertz CT molecular complexity index is 1250. The first kappa shape index (κ1) is 22.8. The third kappa shape index (κ3) is 5.24. The average molecular weight is 517 g/mol. The standard InChI is InChI=1S/C28H29BrN4O/c29-23-12-14-24(15-13-23)33-26-11-5-4-10-25(26)31-27(33)20-32-18-6-9-22(19-32)28(34)30-17-16-21-7-2-1-3-8-21/h1-5,7-8,10-15,22H,6,9,16-20H2,(H,30,34)/t22-/m1/s1. The van der Waals surface area contributed by atoms with Gasteiger partial charge in [0.15, 0.2) is 0 Å². The molecule has 5 nitrogen and oxygen atoms in total. The summed E-state index contributed by atoms with van der Waals surface area (Å²) in [5, 5.41) is 3.16. The summed E-state index contributed by atoms with van der Waals surface area (Å²) in [6.07, 6.45) is 2.83. The zero-order chi connectivity index (χ0) is 23.3. The topological polar surface area (TPSA) is 50.2 Å². The molecule has 5 rings (SSSR count). The molecule has 1 N–H and O–H groups in total. The van der Waals surface area contributed by atoms with E-state index in [0.29, 0.717) is 6.54 Å². The number of likely N-dealkylation sites (tertiary alicyclic amines) is 1. The van der Waals surface area contributed by atoms with Crippen molar-refractivity contribution in [3.63, 3.8) is 0 Å². The number of hydrogen-bond acceptors (Lipinski definition) is 3. The summed E-state index contributed by atoms with van der Waals surface area (Å²) in [5.41, 5.74) is 4.44. The van der Waals surface area contributed by atoms with Gasteiger partial charge in [0.2, 0.25) is 5.91 Å². The summed E-state index contributed by atoms with van der Waals surface area (Å²) in [5.74, 6) is 1.20. The molecule has 3 aromatic carbocycles. The van der Waals surface area contributed by atoms with Gasteiger partial charge in [-0.1, -0.05) is 58.4 Å². The Labute approximate surface area is 208 Å². The summed E-state index contributed by atoms with van der Waals surface area (Å²) in [4.78, 5) is 20.2. The number of imidazole rings is 1. The number of rotatable bonds is 7. The van der Waals surface area contributed by atoms with Crippen LogP contribution in [0.4, 0.5) is 0 Å². The summed E-state index contributed by atoms with van der Waals surface area (Å²) < 4.78 is 3.30. The highest BCUT2D eigenvalue weighted by Crippen LogP contribution is 2.25. The number of carbonyl (C=O) groups excluding carboxylic acids is 1. The highest BCUT2D eigenvalue weighted by molar-refractivity contribution is 9.10. The number of para-hydroxylation sites is 2. The van der Waals surface area contributed by atoms with Crippen molar-refractivity contribution in [1.82, 2.24) is 19.8 Å². The largest absolute Gasteiger partial charge is 0.355 e. The third-order valence-corrected chi connectivity index (χ3v) is 7.04. The van der Waals surface area contributed by atoms with E-state index in [-0.39, 0.29) is 11.8 Å². The number of nitrogens with zero attached hydrogens (tertiary/aromatic N) is 3. The molecule has 6 heteroatoms. The molecule has 1 amide bonds. The van der Waals surface area contributed by atoms with Gasteiger partial charge in [-0.15, -0.1) is 0 Å². The van der Waals surface area contributed by atoms with E-state index in [1.54, 1.807) is 0 Å². The molecule has 1 atom stereocenters. The lowest BCUT2D eigenvalue weighted by molar-refractivity contribution is -0.126. The van der Waals surface area contributed by atoms with Crippen LogP contribution in [-0.2, 0) is 17.8 Å². The van der Waals surface area contributed by atoms with E-state index in [4.69, 9.17) is 4.98 Å². The van der Waals surface area contributed by atoms with Gasteiger partial charge in [0.1, 0.15) is 5.82 Å². The van der Waals surface area contributed by atoms with E-state index in [0.717, 1.165) is 65.9 Å². The molecular formula is C28H29BrN4O. The quantitative estimate of drug-likeness (QED) is 0.359. The van der Waals surface area contributed by atoms with Crippen LogP contribution in [0.3, 0.4) is 0 Å². The molecule has 1 fully saturated rings. The molecule has 34 heavy (non-hydrogen) atoms. The Balaban J connectivity index is 1.28. The minimum atomic E-state index is 0.0232. The molecule has 1 aliphatic heterocycles. The van der Waals surface area contributed by atoms with Crippen LogP contribution in [-0.4, -0.2) is 40.0 Å². The lowest BCUT2D eigenvalue weighted by atomic mass is 9.97. The van der Waals surface area contributed by atoms with Crippen molar-refractivity contribution in [2.75, 3.05) is 19.6 Å². The van der Waals surface area contributed by atoms with Gasteiger partial charge in [-0.25, -0.2) is 4.98 Å². The highest BCUT2D eigenvalue weighted by Gasteiger charge is 2.27. The number of halogens is 1. The monoisotopic (exact) mass is 516 g/mol. The molecule has 174 valence electrons. The van der Waals surface area contributed by atoms with Crippen molar-refractivity contribution >= 4 is 32.9 Å². The first-order valence-corrected chi connectivity index (χ1v) is 12.7. The SMILES string of the molecule is O=C(NCCc1ccccc1)[C@@H]1CCCN(Cc2nc3ccccc3n2-c2ccc(Br)cc2)C1. The van der Waals surface area contributed by atoms with Gasteiger partial charge in [-0.3, -0.25) is 14.3 Å². The first-order chi connectivity index (χ1) is 16.7. The van der Waals surface area contributed by atoms with Gasteiger partial charge < -0.3 is 5.32 Å². The van der Waals surface area contributed by atoms with Crippen LogP contribution in [0.15, 0.2) is 83.3 Å². The zero-order valence-corrected chi connectivity index (χ0v) is 20.7. The Kier molecular flexibility index (Phi) is 7.07. The second-order valence-corrected chi connectivity index (χ2v) is 9.85. The minimum Gasteiger partial charge on any atom is -0.355 e. The van der Waals surface area contributed by atoms with Crippen LogP contribution in [0.5, 0.6) is 0 Å². The van der Waals surface area contributed by atoms with Crippen LogP contribution in [0, 0.1) is 5.92 Å². The van der Waals surface area contributed by atoms with Crippen LogP contribution in [0.25, 0.3) is 16.7 Å². The van der Waals surface area contributed by atoms with Crippen LogP contribution >= 0.6 is 15.9 Å². The van der Waals surface area contributed by atoms with Crippen LogP contribution in [0.1, 0.15) is 24.2 Å². The fraction of sp³-hybridized carbons (Fsp3) is 0.286. The smallest absolute Gasteiger partial charge is 0.224 e. The summed E-state index contributed by atoms with van der Waals surface area (Å²) in [6.45, 7) is 3.15. The molecule has 2 heterocycles. The van der Waals surface area contributed by atoms with E-state index < -0.39 is 0 Å². The molecule has 0 bridgehead atoms. The van der Waals surface area contributed by atoms with Crippen LogP contribution in [0.2, 0.25) is 0 Å². The Morgan fingerprint density at radius 3 is 2.59 bits per heavy atom. The maximum Gasteiger partial charge on any atom is 0.224 e. The number of carbonyl (C=O) groups is 1. The molecule has 1 saturated heterocycles. The minimum absolute atomic E-state index is 0.0232. The lowest BCUT2D eigenvalue weighted by Crippen LogP contribution is -2.43. The highest BCUT2D eigenvalue weighted by atomic mass is 79.9. The van der Waals surface area contributed by atoms with Gasteiger partial charge in [0.25, 0.3) is 0 Å². The Morgan fingerprint density at radius 2 is 1.76 bits per heavy atom. The van der Waals surface area contributed by atoms with Gasteiger partial charge in [-0.05, 0) is 67.8 Å². The second kappa shape index (κ2) is 10.5. The average Bonchev–Trinajstić information content (AvgIpc) is 3.23. The van der Waals surface area contributed by atoms with Crippen molar-refractivity contribution in [2.45, 2.75) is 25.8 Å². The third-order valence-electron chi connectivity index (χ3n) is 6.51. The number of nitrogens with one attached hydrogen (secondary N) is 1. The van der Waals surface area contributed by atoms with Crippen molar-refractivity contribution in [3.05, 3.63) is 94.7 Å². The molecule has 1 aromatic heterocycles. The first-order valence-electron chi connectivity index (χ1n) is 11.9. The summed E-state index contributed by atoms with van der Waals surface area (Å²) >= 11 is 3.54.